The summed E-state index contributed by atoms with van der Waals surface area (Å²) in [5.41, 5.74) is 4.48. The van der Waals surface area contributed by atoms with Crippen LogP contribution in [0, 0.1) is 5.82 Å². The molecule has 1 aromatic rings. The number of aliphatic hydroxyl groups excluding tert-OH is 1. The van der Waals surface area contributed by atoms with Crippen LogP contribution in [0.25, 0.3) is 0 Å². The molecule has 1 aromatic carbocycles. The monoisotopic (exact) mass is 327 g/mol. The number of hydrogen-bond acceptors (Lipinski definition) is 2. The maximum absolute atomic E-state index is 13.5. The summed E-state index contributed by atoms with van der Waals surface area (Å²) in [5, 5.41) is 8.18. The van der Waals surface area contributed by atoms with Gasteiger partial charge in [0.1, 0.15) is 5.82 Å². The molecule has 1 rings (SSSR count). The van der Waals surface area contributed by atoms with E-state index in [0.717, 1.165) is 12.1 Å². The Bertz CT molecular complexity index is 427. The van der Waals surface area contributed by atoms with Crippen molar-refractivity contribution in [3.05, 3.63) is 33.6 Å². The van der Waals surface area contributed by atoms with Gasteiger partial charge >= 0.3 is 6.18 Å². The van der Waals surface area contributed by atoms with Crippen molar-refractivity contribution in [3.8, 4) is 0 Å². The molecule has 0 aliphatic heterocycles. The molecule has 0 aliphatic rings. The van der Waals surface area contributed by atoms with Gasteiger partial charge in [0.25, 0.3) is 0 Å². The predicted molar refractivity (Wildman–Crippen MR) is 62.7 cm³/mol. The van der Waals surface area contributed by atoms with Gasteiger partial charge in [-0.3, -0.25) is 0 Å². The van der Waals surface area contributed by atoms with Crippen molar-refractivity contribution in [1.82, 2.24) is 0 Å². The topological polar surface area (TPSA) is 46.2 Å². The zero-order chi connectivity index (χ0) is 13.4. The summed E-state index contributed by atoms with van der Waals surface area (Å²) in [4.78, 5) is 0. The highest BCUT2D eigenvalue weighted by atomic mass is 35.5. The highest BCUT2D eigenvalue weighted by Crippen LogP contribution is 2.35. The smallest absolute Gasteiger partial charge is 0.382 e. The van der Waals surface area contributed by atoms with Gasteiger partial charge in [0.05, 0.1) is 11.1 Å². The van der Waals surface area contributed by atoms with E-state index in [1.807, 2.05) is 0 Å². The Labute approximate surface area is 116 Å². The van der Waals surface area contributed by atoms with Crippen LogP contribution in [0.4, 0.5) is 17.6 Å². The molecule has 2 nitrogen and oxygen atoms in total. The van der Waals surface area contributed by atoms with Crippen LogP contribution in [-0.4, -0.2) is 17.4 Å². The summed E-state index contributed by atoms with van der Waals surface area (Å²) in [7, 11) is 0. The first-order chi connectivity index (χ1) is 7.66. The van der Waals surface area contributed by atoms with Crippen molar-refractivity contribution < 1.29 is 22.7 Å². The summed E-state index contributed by atoms with van der Waals surface area (Å²) in [6.45, 7) is 0. The van der Waals surface area contributed by atoms with Crippen LogP contribution in [0.3, 0.4) is 0 Å². The number of benzene rings is 1. The van der Waals surface area contributed by atoms with Crippen LogP contribution in [0.5, 0.6) is 0 Å². The molecule has 0 bridgehead atoms. The third-order valence-electron chi connectivity index (χ3n) is 2.09. The lowest BCUT2D eigenvalue weighted by Crippen LogP contribution is -2.39. The molecule has 0 amide bonds. The standard InChI is InChI=1S/C9H7Cl2F4NO.ClH/c10-3-1-2-4(11)6(12)5(3)7(16)8(17)9(13,14)15;/h1-2,7-8,17H,16H2;1H/t7-,8-;/m0./s1. The maximum atomic E-state index is 13.5. The van der Waals surface area contributed by atoms with Gasteiger partial charge in [-0.2, -0.15) is 13.2 Å². The molecule has 104 valence electrons. The number of alkyl halides is 3. The van der Waals surface area contributed by atoms with Crippen LogP contribution in [-0.2, 0) is 0 Å². The molecule has 0 spiro atoms. The molecular weight excluding hydrogens is 320 g/mol. The van der Waals surface area contributed by atoms with Crippen LogP contribution >= 0.6 is 35.6 Å². The van der Waals surface area contributed by atoms with E-state index in [9.17, 15) is 17.6 Å². The van der Waals surface area contributed by atoms with Crippen molar-refractivity contribution in [2.45, 2.75) is 18.3 Å². The van der Waals surface area contributed by atoms with Gasteiger partial charge in [0.15, 0.2) is 6.10 Å². The van der Waals surface area contributed by atoms with Crippen molar-refractivity contribution >= 4 is 35.6 Å². The first kappa shape index (κ1) is 17.7. The van der Waals surface area contributed by atoms with Gasteiger partial charge in [0, 0.05) is 10.6 Å². The lowest BCUT2D eigenvalue weighted by Gasteiger charge is -2.23. The highest BCUT2D eigenvalue weighted by molar-refractivity contribution is 6.33. The Morgan fingerprint density at radius 3 is 2.06 bits per heavy atom. The van der Waals surface area contributed by atoms with E-state index in [1.54, 1.807) is 0 Å². The maximum Gasteiger partial charge on any atom is 0.416 e. The minimum absolute atomic E-state index is 0. The van der Waals surface area contributed by atoms with Crippen molar-refractivity contribution in [2.75, 3.05) is 0 Å². The molecule has 3 N–H and O–H groups in total. The quantitative estimate of drug-likeness (QED) is 0.645. The largest absolute Gasteiger partial charge is 0.416 e. The molecule has 9 heteroatoms. The van der Waals surface area contributed by atoms with E-state index in [1.165, 1.54) is 0 Å². The van der Waals surface area contributed by atoms with E-state index in [4.69, 9.17) is 34.0 Å². The van der Waals surface area contributed by atoms with Crippen molar-refractivity contribution in [1.29, 1.82) is 0 Å². The fourth-order valence-corrected chi connectivity index (χ4v) is 1.65. The van der Waals surface area contributed by atoms with Crippen LogP contribution in [0.2, 0.25) is 10.0 Å². The average molecular weight is 329 g/mol. The molecule has 0 radical (unpaired) electrons. The molecule has 0 saturated carbocycles. The number of aliphatic hydroxyl groups is 1. The van der Waals surface area contributed by atoms with Gasteiger partial charge in [-0.05, 0) is 12.1 Å². The second-order valence-electron chi connectivity index (χ2n) is 3.27. The summed E-state index contributed by atoms with van der Waals surface area (Å²) in [5.74, 6) is -1.17. The van der Waals surface area contributed by atoms with E-state index in [0.29, 0.717) is 0 Å². The Kier molecular flexibility index (Phi) is 6.16. The van der Waals surface area contributed by atoms with E-state index >= 15 is 0 Å². The number of nitrogens with two attached hydrogens (primary N) is 1. The normalized spacial score (nSPS) is 14.9. The van der Waals surface area contributed by atoms with Crippen LogP contribution < -0.4 is 5.73 Å². The summed E-state index contributed by atoms with van der Waals surface area (Å²) >= 11 is 10.9. The molecule has 0 heterocycles. The van der Waals surface area contributed by atoms with Gasteiger partial charge in [-0.1, -0.05) is 23.2 Å². The second-order valence-corrected chi connectivity index (χ2v) is 4.08. The minimum Gasteiger partial charge on any atom is -0.382 e. The highest BCUT2D eigenvalue weighted by Gasteiger charge is 2.44. The summed E-state index contributed by atoms with van der Waals surface area (Å²) in [6.07, 6.45) is -7.90. The van der Waals surface area contributed by atoms with Crippen molar-refractivity contribution in [2.24, 2.45) is 5.73 Å². The van der Waals surface area contributed by atoms with Crippen molar-refractivity contribution in [3.63, 3.8) is 0 Å². The number of halogens is 7. The molecule has 18 heavy (non-hydrogen) atoms. The molecule has 0 aromatic heterocycles. The fourth-order valence-electron chi connectivity index (χ4n) is 1.21. The number of rotatable bonds is 2. The molecule has 0 aliphatic carbocycles. The molecule has 0 saturated heterocycles. The Morgan fingerprint density at radius 1 is 1.17 bits per heavy atom. The summed E-state index contributed by atoms with van der Waals surface area (Å²) < 4.78 is 50.1. The van der Waals surface area contributed by atoms with E-state index < -0.39 is 34.7 Å². The summed E-state index contributed by atoms with van der Waals surface area (Å²) in [6, 6.07) is 0.141. The van der Waals surface area contributed by atoms with Gasteiger partial charge < -0.3 is 10.8 Å². The fraction of sp³-hybridized carbons (Fsp3) is 0.333. The van der Waals surface area contributed by atoms with Gasteiger partial charge in [-0.25, -0.2) is 4.39 Å². The predicted octanol–water partition coefficient (Wildman–Crippen LogP) is 3.48. The lowest BCUT2D eigenvalue weighted by molar-refractivity contribution is -0.210. The van der Waals surface area contributed by atoms with E-state index in [-0.39, 0.29) is 17.4 Å². The first-order valence-electron chi connectivity index (χ1n) is 4.30. The molecule has 2 atom stereocenters. The first-order valence-corrected chi connectivity index (χ1v) is 5.05. The molecular formula is C9H8Cl3F4NO. The average Bonchev–Trinajstić information content (AvgIpc) is 2.21. The van der Waals surface area contributed by atoms with Crippen LogP contribution in [0.15, 0.2) is 12.1 Å². The second kappa shape index (κ2) is 6.25. The number of hydrogen-bond donors (Lipinski definition) is 2. The lowest BCUT2D eigenvalue weighted by atomic mass is 10.0. The SMILES string of the molecule is Cl.N[C@@H](c1c(Cl)ccc(Cl)c1F)[C@H](O)C(F)(F)F. The van der Waals surface area contributed by atoms with Gasteiger partial charge in [-0.15, -0.1) is 12.4 Å². The molecule has 0 fully saturated rings. The zero-order valence-electron chi connectivity index (χ0n) is 8.51. The Hall–Kier alpha value is -0.270. The van der Waals surface area contributed by atoms with E-state index in [2.05, 4.69) is 0 Å². The molecule has 0 unspecified atom stereocenters. The Morgan fingerprint density at radius 2 is 1.61 bits per heavy atom. The van der Waals surface area contributed by atoms with Gasteiger partial charge in [0.2, 0.25) is 0 Å². The zero-order valence-corrected chi connectivity index (χ0v) is 10.8. The third kappa shape index (κ3) is 3.61. The minimum atomic E-state index is -4.97. The third-order valence-corrected chi connectivity index (χ3v) is 2.71. The van der Waals surface area contributed by atoms with Crippen LogP contribution in [0.1, 0.15) is 11.6 Å². The Balaban J connectivity index is 0.00000289.